The summed E-state index contributed by atoms with van der Waals surface area (Å²) >= 11 is 0. The molecule has 2 aromatic rings. The predicted octanol–water partition coefficient (Wildman–Crippen LogP) is 3.46. The van der Waals surface area contributed by atoms with Gasteiger partial charge in [0, 0.05) is 5.56 Å². The maximum absolute atomic E-state index is 5.47. The van der Waals surface area contributed by atoms with E-state index in [2.05, 4.69) is 41.4 Å². The van der Waals surface area contributed by atoms with Gasteiger partial charge in [0.05, 0.1) is 5.54 Å². The molecule has 1 atom stereocenters. The highest BCUT2D eigenvalue weighted by Gasteiger charge is 2.34. The molecule has 1 saturated heterocycles. The van der Waals surface area contributed by atoms with Crippen LogP contribution in [0.4, 0.5) is 0 Å². The smallest absolute Gasteiger partial charge is 0.246 e. The summed E-state index contributed by atoms with van der Waals surface area (Å²) in [6.45, 7) is 5.22. The van der Waals surface area contributed by atoms with Crippen molar-refractivity contribution in [3.05, 3.63) is 35.7 Å². The first kappa shape index (κ1) is 15.0. The second-order valence-electron chi connectivity index (χ2n) is 5.51. The molecule has 5 heteroatoms. The molecule has 0 bridgehead atoms. The summed E-state index contributed by atoms with van der Waals surface area (Å²) in [4.78, 5) is 4.57. The van der Waals surface area contributed by atoms with Crippen LogP contribution in [-0.2, 0) is 5.54 Å². The summed E-state index contributed by atoms with van der Waals surface area (Å²) in [6, 6.07) is 8.18. The molecule has 1 aromatic heterocycles. The van der Waals surface area contributed by atoms with Gasteiger partial charge in [-0.1, -0.05) is 35.0 Å². The fraction of sp³-hybridized carbons (Fsp3) is 0.467. The molecule has 0 amide bonds. The van der Waals surface area contributed by atoms with E-state index in [-0.39, 0.29) is 17.9 Å². The molecule has 0 saturated carbocycles. The number of nitrogens with zero attached hydrogens (tertiary/aromatic N) is 2. The van der Waals surface area contributed by atoms with Gasteiger partial charge in [-0.2, -0.15) is 4.98 Å². The largest absolute Gasteiger partial charge is 0.337 e. The van der Waals surface area contributed by atoms with Crippen LogP contribution >= 0.6 is 12.4 Å². The molecule has 4 nitrogen and oxygen atoms in total. The Kier molecular flexibility index (Phi) is 4.45. The van der Waals surface area contributed by atoms with Crippen LogP contribution in [0, 0.1) is 6.92 Å². The Morgan fingerprint density at radius 2 is 1.95 bits per heavy atom. The van der Waals surface area contributed by atoms with Crippen molar-refractivity contribution in [2.24, 2.45) is 0 Å². The molecule has 1 fully saturated rings. The van der Waals surface area contributed by atoms with E-state index in [1.807, 2.05) is 12.1 Å². The lowest BCUT2D eigenvalue weighted by atomic mass is 9.91. The molecular weight excluding hydrogens is 274 g/mol. The first-order valence-corrected chi connectivity index (χ1v) is 6.84. The van der Waals surface area contributed by atoms with E-state index in [1.165, 1.54) is 18.4 Å². The second-order valence-corrected chi connectivity index (χ2v) is 5.51. The van der Waals surface area contributed by atoms with Crippen molar-refractivity contribution in [3.63, 3.8) is 0 Å². The second kappa shape index (κ2) is 5.94. The van der Waals surface area contributed by atoms with Crippen molar-refractivity contribution in [2.75, 3.05) is 6.54 Å². The summed E-state index contributed by atoms with van der Waals surface area (Å²) < 4.78 is 5.47. The molecule has 3 rings (SSSR count). The van der Waals surface area contributed by atoms with Gasteiger partial charge in [-0.15, -0.1) is 12.4 Å². The van der Waals surface area contributed by atoms with E-state index in [1.54, 1.807) is 0 Å². The average molecular weight is 294 g/mol. The number of benzene rings is 1. The SMILES string of the molecule is Cc1ccc(-c2noc(C3(C)CCCCN3)n2)cc1.Cl. The number of aryl methyl sites for hydroxylation is 1. The zero-order valence-corrected chi connectivity index (χ0v) is 12.7. The highest BCUT2D eigenvalue weighted by Crippen LogP contribution is 2.29. The predicted molar refractivity (Wildman–Crippen MR) is 80.9 cm³/mol. The Balaban J connectivity index is 0.00000147. The fourth-order valence-electron chi connectivity index (χ4n) is 2.51. The molecular formula is C15H20ClN3O. The maximum Gasteiger partial charge on any atom is 0.246 e. The topological polar surface area (TPSA) is 51.0 Å². The maximum atomic E-state index is 5.47. The van der Waals surface area contributed by atoms with E-state index >= 15 is 0 Å². The summed E-state index contributed by atoms with van der Waals surface area (Å²) in [5.41, 5.74) is 2.06. The third-order valence-electron chi connectivity index (χ3n) is 3.83. The number of hydrogen-bond donors (Lipinski definition) is 1. The molecule has 20 heavy (non-hydrogen) atoms. The molecule has 2 heterocycles. The van der Waals surface area contributed by atoms with Crippen molar-refractivity contribution in [3.8, 4) is 11.4 Å². The number of piperidine rings is 1. The molecule has 0 spiro atoms. The minimum atomic E-state index is -0.172. The summed E-state index contributed by atoms with van der Waals surface area (Å²) in [5, 5.41) is 7.60. The van der Waals surface area contributed by atoms with Crippen molar-refractivity contribution >= 4 is 12.4 Å². The van der Waals surface area contributed by atoms with E-state index < -0.39 is 0 Å². The number of halogens is 1. The number of nitrogens with one attached hydrogen (secondary N) is 1. The molecule has 108 valence electrons. The summed E-state index contributed by atoms with van der Waals surface area (Å²) in [7, 11) is 0. The Hall–Kier alpha value is -1.39. The van der Waals surface area contributed by atoms with Crippen molar-refractivity contribution < 1.29 is 4.52 Å². The molecule has 0 radical (unpaired) electrons. The average Bonchev–Trinajstić information content (AvgIpc) is 2.91. The highest BCUT2D eigenvalue weighted by atomic mass is 35.5. The Morgan fingerprint density at radius 3 is 2.60 bits per heavy atom. The first-order valence-electron chi connectivity index (χ1n) is 6.84. The van der Waals surface area contributed by atoms with Crippen LogP contribution in [0.5, 0.6) is 0 Å². The van der Waals surface area contributed by atoms with Gasteiger partial charge in [-0.25, -0.2) is 0 Å². The number of aromatic nitrogens is 2. The van der Waals surface area contributed by atoms with Crippen LogP contribution in [0.15, 0.2) is 28.8 Å². The minimum Gasteiger partial charge on any atom is -0.337 e. The third kappa shape index (κ3) is 2.86. The minimum absolute atomic E-state index is 0. The van der Waals surface area contributed by atoms with Gasteiger partial charge in [0.2, 0.25) is 11.7 Å². The van der Waals surface area contributed by atoms with Gasteiger partial charge < -0.3 is 9.84 Å². The first-order chi connectivity index (χ1) is 9.17. The van der Waals surface area contributed by atoms with Crippen molar-refractivity contribution in [1.29, 1.82) is 0 Å². The molecule has 0 aliphatic carbocycles. The van der Waals surface area contributed by atoms with Crippen molar-refractivity contribution in [1.82, 2.24) is 15.5 Å². The normalized spacial score (nSPS) is 22.3. The van der Waals surface area contributed by atoms with E-state index in [9.17, 15) is 0 Å². The zero-order chi connectivity index (χ0) is 13.3. The van der Waals surface area contributed by atoms with E-state index in [0.29, 0.717) is 11.7 Å². The van der Waals surface area contributed by atoms with Crippen LogP contribution in [0.2, 0.25) is 0 Å². The van der Waals surface area contributed by atoms with Gasteiger partial charge >= 0.3 is 0 Å². The van der Waals surface area contributed by atoms with Crippen LogP contribution in [0.25, 0.3) is 11.4 Å². The lowest BCUT2D eigenvalue weighted by molar-refractivity contribution is 0.207. The van der Waals surface area contributed by atoms with Gasteiger partial charge in [0.1, 0.15) is 0 Å². The van der Waals surface area contributed by atoms with Crippen LogP contribution in [-0.4, -0.2) is 16.7 Å². The molecule has 1 aromatic carbocycles. The van der Waals surface area contributed by atoms with Crippen molar-refractivity contribution in [2.45, 2.75) is 38.6 Å². The lowest BCUT2D eigenvalue weighted by Crippen LogP contribution is -2.43. The van der Waals surface area contributed by atoms with Gasteiger partial charge in [-0.3, -0.25) is 0 Å². The number of rotatable bonds is 2. The standard InChI is InChI=1S/C15H19N3O.ClH/c1-11-5-7-12(8-6-11)13-17-14(19-18-13)15(2)9-3-4-10-16-15;/h5-8,16H,3-4,9-10H2,1-2H3;1H. The summed E-state index contributed by atoms with van der Waals surface area (Å²) in [5.74, 6) is 1.37. The van der Waals surface area contributed by atoms with E-state index in [0.717, 1.165) is 18.5 Å². The molecule has 1 aliphatic rings. The zero-order valence-electron chi connectivity index (χ0n) is 11.8. The van der Waals surface area contributed by atoms with Crippen LogP contribution in [0.1, 0.15) is 37.6 Å². The molecule has 1 aliphatic heterocycles. The van der Waals surface area contributed by atoms with Crippen LogP contribution in [0.3, 0.4) is 0 Å². The lowest BCUT2D eigenvalue weighted by Gasteiger charge is -2.31. The Morgan fingerprint density at radius 1 is 1.20 bits per heavy atom. The number of hydrogen-bond acceptors (Lipinski definition) is 4. The fourth-order valence-corrected chi connectivity index (χ4v) is 2.51. The molecule has 1 N–H and O–H groups in total. The molecule has 1 unspecified atom stereocenters. The Bertz CT molecular complexity index is 559. The van der Waals surface area contributed by atoms with Gasteiger partial charge in [0.15, 0.2) is 0 Å². The third-order valence-corrected chi connectivity index (χ3v) is 3.83. The Labute approximate surface area is 125 Å². The van der Waals surface area contributed by atoms with E-state index in [4.69, 9.17) is 4.52 Å². The quantitative estimate of drug-likeness (QED) is 0.921. The monoisotopic (exact) mass is 293 g/mol. The summed E-state index contributed by atoms with van der Waals surface area (Å²) in [6.07, 6.45) is 3.46. The highest BCUT2D eigenvalue weighted by molar-refractivity contribution is 5.85. The van der Waals surface area contributed by atoms with Gasteiger partial charge in [0.25, 0.3) is 0 Å². The van der Waals surface area contributed by atoms with Gasteiger partial charge in [-0.05, 0) is 39.7 Å². The van der Waals surface area contributed by atoms with Crippen LogP contribution < -0.4 is 5.32 Å².